The van der Waals surface area contributed by atoms with E-state index in [9.17, 15) is 4.79 Å². The van der Waals surface area contributed by atoms with Gasteiger partial charge in [-0.25, -0.2) is 0 Å². The quantitative estimate of drug-likeness (QED) is 0.834. The average molecular weight is 277 g/mol. The Morgan fingerprint density at radius 1 is 1.58 bits per heavy atom. The summed E-state index contributed by atoms with van der Waals surface area (Å²) in [6, 6.07) is 5.26. The number of anilines is 1. The molecular formula is C15H17ClN2O. The number of nitrogens with two attached hydrogens (primary N) is 1. The number of hydrogen-bond acceptors (Lipinski definition) is 2. The fourth-order valence-electron chi connectivity index (χ4n) is 1.93. The number of carbonyl (C=O) groups excluding carboxylic acids is 1. The zero-order valence-corrected chi connectivity index (χ0v) is 11.6. The Balaban J connectivity index is 2.16. The number of rotatable bonds is 3. The van der Waals surface area contributed by atoms with Crippen molar-refractivity contribution in [2.45, 2.75) is 19.8 Å². The Labute approximate surface area is 118 Å². The van der Waals surface area contributed by atoms with E-state index in [0.29, 0.717) is 22.2 Å². The molecule has 0 spiro atoms. The Morgan fingerprint density at radius 3 is 2.95 bits per heavy atom. The van der Waals surface area contributed by atoms with E-state index in [4.69, 9.17) is 17.3 Å². The van der Waals surface area contributed by atoms with Crippen LogP contribution in [0.15, 0.2) is 18.2 Å². The topological polar surface area (TPSA) is 55.1 Å². The van der Waals surface area contributed by atoms with Gasteiger partial charge in [0.1, 0.15) is 0 Å². The molecule has 3 nitrogen and oxygen atoms in total. The standard InChI is InChI=1S/C15H17ClN2O/c1-10(11-4-5-11)15(19)18-14-7-6-13(16)9-12(14)3-2-8-17/h6-7,9-11H,4-5,8,17H2,1H3,(H,18,19). The van der Waals surface area contributed by atoms with Crippen LogP contribution in [0.4, 0.5) is 5.69 Å². The monoisotopic (exact) mass is 276 g/mol. The molecule has 1 atom stereocenters. The number of carbonyl (C=O) groups is 1. The first-order chi connectivity index (χ1) is 9.11. The van der Waals surface area contributed by atoms with E-state index >= 15 is 0 Å². The predicted octanol–water partition coefficient (Wildman–Crippen LogP) is 2.63. The van der Waals surface area contributed by atoms with Gasteiger partial charge in [0.05, 0.1) is 12.2 Å². The molecule has 1 unspecified atom stereocenters. The van der Waals surface area contributed by atoms with Gasteiger partial charge in [-0.1, -0.05) is 30.4 Å². The van der Waals surface area contributed by atoms with E-state index < -0.39 is 0 Å². The molecule has 0 radical (unpaired) electrons. The first kappa shape index (κ1) is 13.9. The fourth-order valence-corrected chi connectivity index (χ4v) is 2.10. The molecule has 0 saturated heterocycles. The highest BCUT2D eigenvalue weighted by molar-refractivity contribution is 6.30. The van der Waals surface area contributed by atoms with E-state index in [2.05, 4.69) is 17.2 Å². The Bertz CT molecular complexity index is 541. The fraction of sp³-hybridized carbons (Fsp3) is 0.400. The smallest absolute Gasteiger partial charge is 0.227 e. The Morgan fingerprint density at radius 2 is 2.32 bits per heavy atom. The van der Waals surface area contributed by atoms with Gasteiger partial charge in [0.15, 0.2) is 0 Å². The number of hydrogen-bond donors (Lipinski definition) is 2. The lowest BCUT2D eigenvalue weighted by atomic mass is 10.1. The summed E-state index contributed by atoms with van der Waals surface area (Å²) >= 11 is 5.94. The van der Waals surface area contributed by atoms with Crippen LogP contribution in [0.25, 0.3) is 0 Å². The number of amides is 1. The molecule has 0 aliphatic heterocycles. The van der Waals surface area contributed by atoms with Crippen LogP contribution in [0, 0.1) is 23.7 Å². The molecular weight excluding hydrogens is 260 g/mol. The molecule has 1 saturated carbocycles. The largest absolute Gasteiger partial charge is 0.325 e. The van der Waals surface area contributed by atoms with Crippen molar-refractivity contribution in [3.8, 4) is 11.8 Å². The van der Waals surface area contributed by atoms with E-state index in [0.717, 1.165) is 12.8 Å². The molecule has 19 heavy (non-hydrogen) atoms. The third-order valence-electron chi connectivity index (χ3n) is 3.31. The second kappa shape index (κ2) is 6.10. The van der Waals surface area contributed by atoms with Crippen LogP contribution < -0.4 is 11.1 Å². The summed E-state index contributed by atoms with van der Waals surface area (Å²) in [4.78, 5) is 12.1. The molecule has 1 aromatic carbocycles. The molecule has 0 aromatic heterocycles. The van der Waals surface area contributed by atoms with Gasteiger partial charge in [-0.05, 0) is 37.0 Å². The molecule has 1 aliphatic rings. The zero-order chi connectivity index (χ0) is 13.8. The molecule has 1 aromatic rings. The maximum absolute atomic E-state index is 12.1. The van der Waals surface area contributed by atoms with Gasteiger partial charge in [0, 0.05) is 16.5 Å². The molecule has 3 N–H and O–H groups in total. The van der Waals surface area contributed by atoms with Crippen LogP contribution in [-0.2, 0) is 4.79 Å². The van der Waals surface area contributed by atoms with Crippen LogP contribution in [0.2, 0.25) is 5.02 Å². The SMILES string of the molecule is CC(C(=O)Nc1ccc(Cl)cc1C#CCN)C1CC1. The maximum Gasteiger partial charge on any atom is 0.227 e. The van der Waals surface area contributed by atoms with Crippen molar-refractivity contribution in [2.24, 2.45) is 17.6 Å². The third-order valence-corrected chi connectivity index (χ3v) is 3.54. The summed E-state index contributed by atoms with van der Waals surface area (Å²) in [7, 11) is 0. The van der Waals surface area contributed by atoms with Crippen molar-refractivity contribution >= 4 is 23.2 Å². The third kappa shape index (κ3) is 3.73. The highest BCUT2D eigenvalue weighted by Crippen LogP contribution is 2.37. The van der Waals surface area contributed by atoms with Gasteiger partial charge >= 0.3 is 0 Å². The second-order valence-electron chi connectivity index (χ2n) is 4.81. The first-order valence-electron chi connectivity index (χ1n) is 6.41. The van der Waals surface area contributed by atoms with Crippen molar-refractivity contribution in [3.63, 3.8) is 0 Å². The molecule has 1 fully saturated rings. The van der Waals surface area contributed by atoms with Gasteiger partial charge in [-0.3, -0.25) is 4.79 Å². The van der Waals surface area contributed by atoms with E-state index in [1.54, 1.807) is 18.2 Å². The van der Waals surface area contributed by atoms with Gasteiger partial charge in [0.2, 0.25) is 5.91 Å². The summed E-state index contributed by atoms with van der Waals surface area (Å²) in [5, 5.41) is 3.52. The average Bonchev–Trinajstić information content (AvgIpc) is 3.22. The number of benzene rings is 1. The zero-order valence-electron chi connectivity index (χ0n) is 10.9. The maximum atomic E-state index is 12.1. The van der Waals surface area contributed by atoms with E-state index in [1.165, 1.54) is 0 Å². The Kier molecular flexibility index (Phi) is 4.47. The van der Waals surface area contributed by atoms with Crippen LogP contribution in [-0.4, -0.2) is 12.5 Å². The van der Waals surface area contributed by atoms with Crippen molar-refractivity contribution in [3.05, 3.63) is 28.8 Å². The van der Waals surface area contributed by atoms with Crippen LogP contribution in [0.3, 0.4) is 0 Å². The molecule has 0 heterocycles. The van der Waals surface area contributed by atoms with Gasteiger partial charge in [-0.2, -0.15) is 0 Å². The predicted molar refractivity (Wildman–Crippen MR) is 77.9 cm³/mol. The minimum atomic E-state index is 0.0422. The highest BCUT2D eigenvalue weighted by Gasteiger charge is 2.32. The molecule has 100 valence electrons. The van der Waals surface area contributed by atoms with Crippen molar-refractivity contribution in [2.75, 3.05) is 11.9 Å². The summed E-state index contributed by atoms with van der Waals surface area (Å²) in [5.74, 6) is 6.33. The van der Waals surface area contributed by atoms with Crippen molar-refractivity contribution in [1.29, 1.82) is 0 Å². The number of halogens is 1. The minimum absolute atomic E-state index is 0.0422. The van der Waals surface area contributed by atoms with Crippen LogP contribution in [0.5, 0.6) is 0 Å². The summed E-state index contributed by atoms with van der Waals surface area (Å²) in [6.07, 6.45) is 2.30. The van der Waals surface area contributed by atoms with E-state index in [1.807, 2.05) is 6.92 Å². The lowest BCUT2D eigenvalue weighted by molar-refractivity contribution is -0.119. The second-order valence-corrected chi connectivity index (χ2v) is 5.25. The normalized spacial score (nSPS) is 15.3. The molecule has 1 aliphatic carbocycles. The highest BCUT2D eigenvalue weighted by atomic mass is 35.5. The Hall–Kier alpha value is -1.50. The lowest BCUT2D eigenvalue weighted by Crippen LogP contribution is -2.22. The molecule has 0 bridgehead atoms. The van der Waals surface area contributed by atoms with Gasteiger partial charge < -0.3 is 11.1 Å². The van der Waals surface area contributed by atoms with Crippen molar-refractivity contribution in [1.82, 2.24) is 0 Å². The molecule has 1 amide bonds. The first-order valence-corrected chi connectivity index (χ1v) is 6.79. The summed E-state index contributed by atoms with van der Waals surface area (Å²) in [6.45, 7) is 2.24. The van der Waals surface area contributed by atoms with Gasteiger partial charge in [-0.15, -0.1) is 0 Å². The van der Waals surface area contributed by atoms with Crippen LogP contribution >= 0.6 is 11.6 Å². The minimum Gasteiger partial charge on any atom is -0.325 e. The van der Waals surface area contributed by atoms with Gasteiger partial charge in [0.25, 0.3) is 0 Å². The van der Waals surface area contributed by atoms with Crippen LogP contribution in [0.1, 0.15) is 25.3 Å². The summed E-state index contributed by atoms with van der Waals surface area (Å²) in [5.41, 5.74) is 6.77. The summed E-state index contributed by atoms with van der Waals surface area (Å²) < 4.78 is 0. The van der Waals surface area contributed by atoms with E-state index in [-0.39, 0.29) is 18.4 Å². The number of nitrogens with one attached hydrogen (secondary N) is 1. The van der Waals surface area contributed by atoms with Crippen molar-refractivity contribution < 1.29 is 4.79 Å². The molecule has 2 rings (SSSR count). The molecule has 4 heteroatoms. The lowest BCUT2D eigenvalue weighted by Gasteiger charge is -2.12.